The molecule has 1 N–H and O–H groups in total. The van der Waals surface area contributed by atoms with E-state index in [1.54, 1.807) is 18.7 Å². The summed E-state index contributed by atoms with van der Waals surface area (Å²) >= 11 is 0. The Labute approximate surface area is 153 Å². The van der Waals surface area contributed by atoms with Crippen molar-refractivity contribution < 1.29 is 0 Å². The van der Waals surface area contributed by atoms with E-state index in [2.05, 4.69) is 63.3 Å². The van der Waals surface area contributed by atoms with Crippen molar-refractivity contribution in [2.45, 2.75) is 32.2 Å². The van der Waals surface area contributed by atoms with E-state index in [0.717, 1.165) is 24.6 Å². The third kappa shape index (κ3) is 3.46. The lowest BCUT2D eigenvalue weighted by molar-refractivity contribution is 0.272. The van der Waals surface area contributed by atoms with Gasteiger partial charge >= 0.3 is 0 Å². The fourth-order valence-corrected chi connectivity index (χ4v) is 3.55. The lowest BCUT2D eigenvalue weighted by atomic mass is 9.96. The third-order valence-corrected chi connectivity index (χ3v) is 5.01. The molecule has 0 spiro atoms. The van der Waals surface area contributed by atoms with Crippen LogP contribution in [0, 0.1) is 0 Å². The molecule has 4 rings (SSSR count). The molecule has 26 heavy (non-hydrogen) atoms. The molecule has 2 aromatic heterocycles. The van der Waals surface area contributed by atoms with Crippen LogP contribution in [-0.4, -0.2) is 43.6 Å². The average Bonchev–Trinajstić information content (AvgIpc) is 3.35. The predicted octanol–water partition coefficient (Wildman–Crippen LogP) is 3.60. The van der Waals surface area contributed by atoms with Crippen molar-refractivity contribution in [3.8, 4) is 5.82 Å². The first-order valence-corrected chi connectivity index (χ1v) is 9.12. The number of nitrogens with one attached hydrogen (secondary N) is 1. The van der Waals surface area contributed by atoms with Gasteiger partial charge in [0.2, 0.25) is 5.95 Å². The highest BCUT2D eigenvalue weighted by Gasteiger charge is 2.27. The number of aromatic nitrogens is 4. The maximum absolute atomic E-state index is 4.61. The quantitative estimate of drug-likeness (QED) is 0.763. The largest absolute Gasteiger partial charge is 0.324 e. The van der Waals surface area contributed by atoms with Crippen LogP contribution < -0.4 is 5.32 Å². The molecule has 0 aliphatic carbocycles. The molecule has 0 amide bonds. The van der Waals surface area contributed by atoms with Gasteiger partial charge in [-0.25, -0.2) is 9.97 Å². The number of imidazole rings is 1. The first kappa shape index (κ1) is 16.7. The highest BCUT2D eigenvalue weighted by Crippen LogP contribution is 2.33. The predicted molar refractivity (Wildman–Crippen MR) is 103 cm³/mol. The van der Waals surface area contributed by atoms with Gasteiger partial charge in [-0.15, -0.1) is 0 Å². The van der Waals surface area contributed by atoms with Crippen molar-refractivity contribution in [3.63, 3.8) is 0 Å². The number of para-hydroxylation sites is 1. The number of anilines is 2. The van der Waals surface area contributed by atoms with E-state index in [0.29, 0.717) is 17.9 Å². The Morgan fingerprint density at radius 2 is 2.04 bits per heavy atom. The van der Waals surface area contributed by atoms with Gasteiger partial charge in [0, 0.05) is 36.9 Å². The number of likely N-dealkylation sites (tertiary alicyclic amines) is 1. The molecule has 1 aromatic carbocycles. The minimum atomic E-state index is 0.540. The van der Waals surface area contributed by atoms with Crippen molar-refractivity contribution in [1.82, 2.24) is 24.4 Å². The molecular formula is C20H24N6. The third-order valence-electron chi connectivity index (χ3n) is 5.01. The van der Waals surface area contributed by atoms with Crippen LogP contribution in [0.4, 0.5) is 11.6 Å². The van der Waals surface area contributed by atoms with Crippen molar-refractivity contribution in [3.05, 3.63) is 60.8 Å². The van der Waals surface area contributed by atoms with Gasteiger partial charge < -0.3 is 10.2 Å². The summed E-state index contributed by atoms with van der Waals surface area (Å²) in [5, 5.41) is 3.42. The molecule has 1 unspecified atom stereocenters. The van der Waals surface area contributed by atoms with Crippen molar-refractivity contribution in [2.75, 3.05) is 18.4 Å². The van der Waals surface area contributed by atoms with Gasteiger partial charge in [0.05, 0.1) is 0 Å². The van der Waals surface area contributed by atoms with Gasteiger partial charge in [0.1, 0.15) is 12.1 Å². The lowest BCUT2D eigenvalue weighted by Crippen LogP contribution is -2.27. The van der Waals surface area contributed by atoms with Crippen molar-refractivity contribution in [2.24, 2.45) is 0 Å². The maximum atomic E-state index is 4.61. The Morgan fingerprint density at radius 1 is 1.15 bits per heavy atom. The van der Waals surface area contributed by atoms with Crippen molar-refractivity contribution in [1.29, 1.82) is 0 Å². The van der Waals surface area contributed by atoms with Gasteiger partial charge in [-0.1, -0.05) is 18.2 Å². The van der Waals surface area contributed by atoms with Crippen LogP contribution in [0.5, 0.6) is 0 Å². The van der Waals surface area contributed by atoms with Crippen LogP contribution >= 0.6 is 0 Å². The van der Waals surface area contributed by atoms with Crippen LogP contribution in [0.2, 0.25) is 0 Å². The fraction of sp³-hybridized carbons (Fsp3) is 0.350. The molecule has 0 saturated carbocycles. The second-order valence-electron chi connectivity index (χ2n) is 6.99. The van der Waals surface area contributed by atoms with Crippen LogP contribution in [0.25, 0.3) is 5.82 Å². The average molecular weight is 348 g/mol. The molecular weight excluding hydrogens is 324 g/mol. The van der Waals surface area contributed by atoms with Gasteiger partial charge in [-0.05, 0) is 50.4 Å². The summed E-state index contributed by atoms with van der Waals surface area (Å²) in [5.74, 6) is 1.93. The van der Waals surface area contributed by atoms with E-state index in [4.69, 9.17) is 0 Å². The lowest BCUT2D eigenvalue weighted by Gasteiger charge is -2.21. The molecule has 6 nitrogen and oxygen atoms in total. The summed E-state index contributed by atoms with van der Waals surface area (Å²) in [6.07, 6.45) is 8.30. The summed E-state index contributed by atoms with van der Waals surface area (Å²) in [6, 6.07) is 11.0. The SMILES string of the molecule is CC(C)N1CCC(c2ccccc2Nc2nccc(-n3ccnc3)n2)C1. The van der Waals surface area contributed by atoms with Crippen LogP contribution in [0.15, 0.2) is 55.2 Å². The number of hydrogen-bond acceptors (Lipinski definition) is 5. The topological polar surface area (TPSA) is 58.9 Å². The Bertz CT molecular complexity index is 858. The monoisotopic (exact) mass is 348 g/mol. The second kappa shape index (κ2) is 7.25. The fourth-order valence-electron chi connectivity index (χ4n) is 3.55. The normalized spacial score (nSPS) is 17.7. The molecule has 1 atom stereocenters. The molecule has 6 heteroatoms. The summed E-state index contributed by atoms with van der Waals surface area (Å²) in [7, 11) is 0. The van der Waals surface area contributed by atoms with E-state index < -0.39 is 0 Å². The Hall–Kier alpha value is -2.73. The standard InChI is InChI=1S/C20H24N6/c1-15(2)25-11-8-16(13-25)17-5-3-4-6-18(17)23-20-22-9-7-19(24-20)26-12-10-21-14-26/h3-7,9-10,12,14-16H,8,11,13H2,1-2H3,(H,22,23,24). The maximum Gasteiger partial charge on any atom is 0.229 e. The van der Waals surface area contributed by atoms with E-state index >= 15 is 0 Å². The second-order valence-corrected chi connectivity index (χ2v) is 6.99. The molecule has 1 fully saturated rings. The highest BCUT2D eigenvalue weighted by atomic mass is 15.2. The van der Waals surface area contributed by atoms with Gasteiger partial charge in [-0.2, -0.15) is 4.98 Å². The van der Waals surface area contributed by atoms with Crippen molar-refractivity contribution >= 4 is 11.6 Å². The summed E-state index contributed by atoms with van der Waals surface area (Å²) in [6.45, 7) is 6.79. The van der Waals surface area contributed by atoms with Crippen LogP contribution in [0.3, 0.4) is 0 Å². The molecule has 3 aromatic rings. The minimum Gasteiger partial charge on any atom is -0.324 e. The zero-order valence-electron chi connectivity index (χ0n) is 15.2. The zero-order chi connectivity index (χ0) is 17.9. The number of nitrogens with zero attached hydrogens (tertiary/aromatic N) is 5. The molecule has 1 aliphatic rings. The summed E-state index contributed by atoms with van der Waals surface area (Å²) in [4.78, 5) is 15.6. The van der Waals surface area contributed by atoms with Gasteiger partial charge in [0.15, 0.2) is 0 Å². The van der Waals surface area contributed by atoms with E-state index in [-0.39, 0.29) is 0 Å². The number of benzene rings is 1. The summed E-state index contributed by atoms with van der Waals surface area (Å²) < 4.78 is 1.87. The Kier molecular flexibility index (Phi) is 4.67. The molecule has 134 valence electrons. The van der Waals surface area contributed by atoms with Crippen LogP contribution in [-0.2, 0) is 0 Å². The van der Waals surface area contributed by atoms with Gasteiger partial charge in [0.25, 0.3) is 0 Å². The highest BCUT2D eigenvalue weighted by molar-refractivity contribution is 5.60. The minimum absolute atomic E-state index is 0.540. The molecule has 1 saturated heterocycles. The smallest absolute Gasteiger partial charge is 0.229 e. The number of hydrogen-bond donors (Lipinski definition) is 1. The first-order valence-electron chi connectivity index (χ1n) is 9.12. The Morgan fingerprint density at radius 3 is 2.81 bits per heavy atom. The van der Waals surface area contributed by atoms with Crippen LogP contribution in [0.1, 0.15) is 31.7 Å². The first-order chi connectivity index (χ1) is 12.7. The molecule has 1 aliphatic heterocycles. The molecule has 0 radical (unpaired) electrons. The van der Waals surface area contributed by atoms with Gasteiger partial charge in [-0.3, -0.25) is 4.57 Å². The zero-order valence-corrected chi connectivity index (χ0v) is 15.2. The van der Waals surface area contributed by atoms with E-state index in [1.807, 2.05) is 16.8 Å². The number of rotatable bonds is 5. The van der Waals surface area contributed by atoms with E-state index in [9.17, 15) is 0 Å². The molecule has 3 heterocycles. The Balaban J connectivity index is 1.57. The van der Waals surface area contributed by atoms with E-state index in [1.165, 1.54) is 12.0 Å². The summed E-state index contributed by atoms with van der Waals surface area (Å²) in [5.41, 5.74) is 2.43. The molecule has 0 bridgehead atoms.